The van der Waals surface area contributed by atoms with E-state index in [-0.39, 0.29) is 6.04 Å². The van der Waals surface area contributed by atoms with Crippen LogP contribution in [0.4, 0.5) is 0 Å². The van der Waals surface area contributed by atoms with Gasteiger partial charge in [-0.2, -0.15) is 0 Å². The van der Waals surface area contributed by atoms with Crippen molar-refractivity contribution in [1.82, 2.24) is 5.32 Å². The predicted octanol–water partition coefficient (Wildman–Crippen LogP) is 3.64. The van der Waals surface area contributed by atoms with E-state index >= 15 is 0 Å². The van der Waals surface area contributed by atoms with Crippen LogP contribution in [0.3, 0.4) is 0 Å². The molecule has 1 heterocycles. The number of phenolic OH excluding ortho intramolecular Hbond substituents is 1. The van der Waals surface area contributed by atoms with Gasteiger partial charge in [-0.25, -0.2) is 0 Å². The maximum Gasteiger partial charge on any atom is 0.169 e. The van der Waals surface area contributed by atoms with Gasteiger partial charge in [0.25, 0.3) is 0 Å². The first-order valence-corrected chi connectivity index (χ1v) is 6.71. The Kier molecular flexibility index (Phi) is 4.44. The number of furan rings is 1. The van der Waals surface area contributed by atoms with Crippen LogP contribution in [-0.4, -0.2) is 11.7 Å². The maximum atomic E-state index is 9.19. The van der Waals surface area contributed by atoms with E-state index in [0.29, 0.717) is 5.75 Å². The van der Waals surface area contributed by atoms with E-state index in [0.717, 1.165) is 23.4 Å². The van der Waals surface area contributed by atoms with Crippen molar-refractivity contribution in [2.24, 2.45) is 0 Å². The highest BCUT2D eigenvalue weighted by Crippen LogP contribution is 2.20. The zero-order chi connectivity index (χ0) is 13.0. The van der Waals surface area contributed by atoms with Crippen molar-refractivity contribution in [3.63, 3.8) is 0 Å². The summed E-state index contributed by atoms with van der Waals surface area (Å²) in [5.41, 5.74) is 1.20. The van der Waals surface area contributed by atoms with Crippen LogP contribution >= 0.6 is 15.9 Å². The van der Waals surface area contributed by atoms with Gasteiger partial charge >= 0.3 is 0 Å². The molecule has 0 fully saturated rings. The Hall–Kier alpha value is -1.26. The highest BCUT2D eigenvalue weighted by atomic mass is 79.9. The fraction of sp³-hybridized carbons (Fsp3) is 0.286. The molecule has 0 aliphatic carbocycles. The first-order valence-electron chi connectivity index (χ1n) is 5.91. The Morgan fingerprint density at radius 1 is 1.22 bits per heavy atom. The average molecular weight is 310 g/mol. The van der Waals surface area contributed by atoms with Gasteiger partial charge in [0.15, 0.2) is 4.67 Å². The molecule has 0 aliphatic heterocycles. The minimum Gasteiger partial charge on any atom is -0.508 e. The van der Waals surface area contributed by atoms with Crippen molar-refractivity contribution in [2.45, 2.75) is 19.4 Å². The summed E-state index contributed by atoms with van der Waals surface area (Å²) < 4.78 is 6.24. The molecule has 0 saturated heterocycles. The fourth-order valence-corrected chi connectivity index (χ4v) is 2.08. The maximum absolute atomic E-state index is 9.19. The summed E-state index contributed by atoms with van der Waals surface area (Å²) in [6.45, 7) is 2.94. The molecule has 0 spiro atoms. The van der Waals surface area contributed by atoms with E-state index in [2.05, 4.69) is 28.2 Å². The van der Waals surface area contributed by atoms with Crippen molar-refractivity contribution in [3.8, 4) is 5.75 Å². The van der Waals surface area contributed by atoms with Crippen molar-refractivity contribution in [1.29, 1.82) is 0 Å². The third-order valence-corrected chi connectivity index (χ3v) is 3.25. The largest absolute Gasteiger partial charge is 0.508 e. The van der Waals surface area contributed by atoms with Crippen molar-refractivity contribution < 1.29 is 9.52 Å². The van der Waals surface area contributed by atoms with E-state index < -0.39 is 0 Å². The second kappa shape index (κ2) is 6.07. The zero-order valence-corrected chi connectivity index (χ0v) is 11.8. The van der Waals surface area contributed by atoms with Crippen LogP contribution in [0.2, 0.25) is 0 Å². The summed E-state index contributed by atoms with van der Waals surface area (Å²) in [6, 6.07) is 11.3. The minimum atomic E-state index is 0.188. The molecule has 2 rings (SSSR count). The minimum absolute atomic E-state index is 0.188. The SMILES string of the molecule is CC(NCCc1ccc(O)cc1)c1ccc(Br)o1. The molecule has 0 bridgehead atoms. The van der Waals surface area contributed by atoms with E-state index in [1.165, 1.54) is 5.56 Å². The molecule has 96 valence electrons. The van der Waals surface area contributed by atoms with Crippen LogP contribution in [0.1, 0.15) is 24.3 Å². The number of hydrogen-bond donors (Lipinski definition) is 2. The van der Waals surface area contributed by atoms with Gasteiger partial charge in [0, 0.05) is 0 Å². The van der Waals surface area contributed by atoms with Crippen molar-refractivity contribution >= 4 is 15.9 Å². The Balaban J connectivity index is 1.80. The molecule has 3 nitrogen and oxygen atoms in total. The van der Waals surface area contributed by atoms with Gasteiger partial charge in [-0.3, -0.25) is 0 Å². The number of aromatic hydroxyl groups is 1. The van der Waals surface area contributed by atoms with Gasteiger partial charge in [-0.05, 0) is 65.6 Å². The van der Waals surface area contributed by atoms with Gasteiger partial charge in [-0.1, -0.05) is 12.1 Å². The molecule has 2 N–H and O–H groups in total. The first kappa shape index (κ1) is 13.2. The highest BCUT2D eigenvalue weighted by Gasteiger charge is 2.08. The van der Waals surface area contributed by atoms with E-state index in [1.807, 2.05) is 24.3 Å². The average Bonchev–Trinajstić information content (AvgIpc) is 2.78. The smallest absolute Gasteiger partial charge is 0.169 e. The quantitative estimate of drug-likeness (QED) is 0.886. The molecule has 0 aliphatic rings. The molecule has 4 heteroatoms. The van der Waals surface area contributed by atoms with Crippen LogP contribution in [-0.2, 0) is 6.42 Å². The monoisotopic (exact) mass is 309 g/mol. The third kappa shape index (κ3) is 3.62. The Morgan fingerprint density at radius 2 is 1.94 bits per heavy atom. The molecular formula is C14H16BrNO2. The number of benzene rings is 1. The number of nitrogens with one attached hydrogen (secondary N) is 1. The molecule has 18 heavy (non-hydrogen) atoms. The molecule has 0 amide bonds. The Labute approximate surface area is 115 Å². The van der Waals surface area contributed by atoms with Gasteiger partial charge in [-0.15, -0.1) is 0 Å². The van der Waals surface area contributed by atoms with Crippen LogP contribution in [0.5, 0.6) is 5.75 Å². The lowest BCUT2D eigenvalue weighted by Crippen LogP contribution is -2.20. The second-order valence-electron chi connectivity index (χ2n) is 4.23. The lowest BCUT2D eigenvalue weighted by molar-refractivity contribution is 0.420. The Morgan fingerprint density at radius 3 is 2.56 bits per heavy atom. The van der Waals surface area contributed by atoms with Crippen molar-refractivity contribution in [2.75, 3.05) is 6.54 Å². The summed E-state index contributed by atoms with van der Waals surface area (Å²) in [4.78, 5) is 0. The first-order chi connectivity index (χ1) is 8.65. The van der Waals surface area contributed by atoms with E-state index in [4.69, 9.17) is 4.42 Å². The van der Waals surface area contributed by atoms with Gasteiger partial charge < -0.3 is 14.8 Å². The second-order valence-corrected chi connectivity index (χ2v) is 5.02. The highest BCUT2D eigenvalue weighted by molar-refractivity contribution is 9.10. The number of hydrogen-bond acceptors (Lipinski definition) is 3. The fourth-order valence-electron chi connectivity index (χ4n) is 1.76. The molecule has 0 radical (unpaired) electrons. The lowest BCUT2D eigenvalue weighted by atomic mass is 10.1. The lowest BCUT2D eigenvalue weighted by Gasteiger charge is -2.11. The summed E-state index contributed by atoms with van der Waals surface area (Å²) in [7, 11) is 0. The summed E-state index contributed by atoms with van der Waals surface area (Å²) in [5.74, 6) is 1.23. The summed E-state index contributed by atoms with van der Waals surface area (Å²) >= 11 is 3.29. The molecule has 1 aromatic heterocycles. The van der Waals surface area contributed by atoms with Crippen LogP contribution in [0, 0.1) is 0 Å². The molecule has 0 saturated carbocycles. The molecular weight excluding hydrogens is 294 g/mol. The van der Waals surface area contributed by atoms with Crippen LogP contribution in [0.15, 0.2) is 45.5 Å². The standard InChI is InChI=1S/C14H16BrNO2/c1-10(13-6-7-14(15)18-13)16-9-8-11-2-4-12(17)5-3-11/h2-7,10,16-17H,8-9H2,1H3. The van der Waals surface area contributed by atoms with Gasteiger partial charge in [0.2, 0.25) is 0 Å². The van der Waals surface area contributed by atoms with E-state index in [9.17, 15) is 5.11 Å². The zero-order valence-electron chi connectivity index (χ0n) is 10.2. The van der Waals surface area contributed by atoms with Crippen LogP contribution < -0.4 is 5.32 Å². The molecule has 1 aromatic carbocycles. The van der Waals surface area contributed by atoms with Crippen LogP contribution in [0.25, 0.3) is 0 Å². The van der Waals surface area contributed by atoms with E-state index in [1.54, 1.807) is 12.1 Å². The predicted molar refractivity (Wildman–Crippen MR) is 74.6 cm³/mol. The number of phenols is 1. The third-order valence-electron chi connectivity index (χ3n) is 2.82. The summed E-state index contributed by atoms with van der Waals surface area (Å²) in [5, 5.41) is 12.6. The normalized spacial score (nSPS) is 12.6. The topological polar surface area (TPSA) is 45.4 Å². The van der Waals surface area contributed by atoms with Crippen molar-refractivity contribution in [3.05, 3.63) is 52.4 Å². The Bertz CT molecular complexity index is 493. The van der Waals surface area contributed by atoms with Gasteiger partial charge in [0.1, 0.15) is 11.5 Å². The van der Waals surface area contributed by atoms with Gasteiger partial charge in [0.05, 0.1) is 6.04 Å². The summed E-state index contributed by atoms with van der Waals surface area (Å²) in [6.07, 6.45) is 0.923. The molecule has 1 atom stereocenters. The molecule has 2 aromatic rings. The number of halogens is 1. The number of rotatable bonds is 5. The molecule has 1 unspecified atom stereocenters.